The molecule has 0 spiro atoms. The van der Waals surface area contributed by atoms with Gasteiger partial charge in [-0.25, -0.2) is 24.6 Å². The highest BCUT2D eigenvalue weighted by molar-refractivity contribution is 6.30. The Kier molecular flexibility index (Phi) is 3.49. The lowest BCUT2D eigenvalue weighted by molar-refractivity contribution is 0.664. The molecule has 4 rings (SSSR count). The van der Waals surface area contributed by atoms with Gasteiger partial charge in [0.15, 0.2) is 11.5 Å². The number of rotatable bonds is 3. The van der Waals surface area contributed by atoms with E-state index in [1.54, 1.807) is 17.1 Å². The SMILES string of the molecule is [B]c1cnc2nnn(Cc3cccc(-c4ncc(C)cn4)c3)c2n1. The Morgan fingerprint density at radius 2 is 1.92 bits per heavy atom. The predicted octanol–water partition coefficient (Wildman–Crippen LogP) is 0.829. The molecule has 4 aromatic rings. The molecule has 8 heteroatoms. The van der Waals surface area contributed by atoms with Crippen molar-refractivity contribution in [2.24, 2.45) is 0 Å². The Bertz CT molecular complexity index is 1010. The molecule has 0 unspecified atom stereocenters. The van der Waals surface area contributed by atoms with Crippen LogP contribution < -0.4 is 5.59 Å². The van der Waals surface area contributed by atoms with Crippen LogP contribution in [0.25, 0.3) is 22.7 Å². The van der Waals surface area contributed by atoms with Gasteiger partial charge in [0.05, 0.1) is 6.54 Å². The van der Waals surface area contributed by atoms with Crippen LogP contribution in [0.2, 0.25) is 0 Å². The highest BCUT2D eigenvalue weighted by atomic mass is 15.4. The quantitative estimate of drug-likeness (QED) is 0.521. The second kappa shape index (κ2) is 5.80. The third kappa shape index (κ3) is 2.73. The minimum Gasteiger partial charge on any atom is -0.241 e. The van der Waals surface area contributed by atoms with Crippen LogP contribution in [0.5, 0.6) is 0 Å². The third-order valence-electron chi connectivity index (χ3n) is 3.54. The van der Waals surface area contributed by atoms with Gasteiger partial charge < -0.3 is 0 Å². The van der Waals surface area contributed by atoms with Crippen LogP contribution in [-0.2, 0) is 6.54 Å². The first-order valence-electron chi connectivity index (χ1n) is 7.39. The molecule has 0 bridgehead atoms. The summed E-state index contributed by atoms with van der Waals surface area (Å²) in [5.74, 6) is 0.690. The fourth-order valence-electron chi connectivity index (χ4n) is 2.40. The Morgan fingerprint density at radius 3 is 2.75 bits per heavy atom. The summed E-state index contributed by atoms with van der Waals surface area (Å²) in [7, 11) is 5.70. The minimum atomic E-state index is 0.341. The van der Waals surface area contributed by atoms with E-state index in [0.717, 1.165) is 16.7 Å². The molecule has 0 atom stereocenters. The van der Waals surface area contributed by atoms with E-state index in [2.05, 4.69) is 30.2 Å². The Balaban J connectivity index is 1.68. The van der Waals surface area contributed by atoms with E-state index < -0.39 is 0 Å². The molecule has 0 fully saturated rings. The summed E-state index contributed by atoms with van der Waals surface area (Å²) in [5.41, 5.74) is 4.39. The number of aromatic nitrogens is 7. The largest absolute Gasteiger partial charge is 0.241 e. The summed E-state index contributed by atoms with van der Waals surface area (Å²) < 4.78 is 1.67. The van der Waals surface area contributed by atoms with Crippen molar-refractivity contribution >= 4 is 24.7 Å². The highest BCUT2D eigenvalue weighted by Gasteiger charge is 2.09. The molecule has 0 aliphatic heterocycles. The van der Waals surface area contributed by atoms with Crippen molar-refractivity contribution in [3.63, 3.8) is 0 Å². The van der Waals surface area contributed by atoms with Crippen molar-refractivity contribution in [2.45, 2.75) is 13.5 Å². The normalized spacial score (nSPS) is 11.0. The van der Waals surface area contributed by atoms with Gasteiger partial charge in [0.2, 0.25) is 5.65 Å². The van der Waals surface area contributed by atoms with Crippen LogP contribution in [0.1, 0.15) is 11.1 Å². The molecule has 0 amide bonds. The van der Waals surface area contributed by atoms with Gasteiger partial charge in [0.1, 0.15) is 7.85 Å². The first kappa shape index (κ1) is 14.4. The Labute approximate surface area is 139 Å². The van der Waals surface area contributed by atoms with Crippen molar-refractivity contribution in [3.8, 4) is 11.4 Å². The van der Waals surface area contributed by atoms with Gasteiger partial charge >= 0.3 is 0 Å². The number of benzene rings is 1. The number of hydrogen-bond donors (Lipinski definition) is 0. The zero-order valence-electron chi connectivity index (χ0n) is 13.0. The van der Waals surface area contributed by atoms with Gasteiger partial charge in [-0.15, -0.1) is 5.10 Å². The topological polar surface area (TPSA) is 82.3 Å². The van der Waals surface area contributed by atoms with E-state index in [1.165, 1.54) is 6.20 Å². The maximum absolute atomic E-state index is 5.70. The zero-order valence-corrected chi connectivity index (χ0v) is 13.0. The molecule has 3 heterocycles. The highest BCUT2D eigenvalue weighted by Crippen LogP contribution is 2.17. The van der Waals surface area contributed by atoms with Gasteiger partial charge in [0.25, 0.3) is 0 Å². The third-order valence-corrected chi connectivity index (χ3v) is 3.54. The van der Waals surface area contributed by atoms with Crippen molar-refractivity contribution in [2.75, 3.05) is 0 Å². The number of fused-ring (bicyclic) bond motifs is 1. The molecule has 1 aromatic carbocycles. The molecule has 2 radical (unpaired) electrons. The zero-order chi connectivity index (χ0) is 16.5. The van der Waals surface area contributed by atoms with Crippen LogP contribution in [0.15, 0.2) is 42.9 Å². The van der Waals surface area contributed by atoms with E-state index >= 15 is 0 Å². The molecule has 0 aliphatic rings. The van der Waals surface area contributed by atoms with Crippen molar-refractivity contribution in [3.05, 3.63) is 54.0 Å². The molecular weight excluding hydrogens is 301 g/mol. The molecule has 0 N–H and O–H groups in total. The molecule has 3 aromatic heterocycles. The monoisotopic (exact) mass is 313 g/mol. The molecule has 0 saturated carbocycles. The van der Waals surface area contributed by atoms with Crippen molar-refractivity contribution in [1.29, 1.82) is 0 Å². The van der Waals surface area contributed by atoms with Crippen LogP contribution in [0.4, 0.5) is 0 Å². The van der Waals surface area contributed by atoms with Crippen LogP contribution >= 0.6 is 0 Å². The summed E-state index contributed by atoms with van der Waals surface area (Å²) in [6, 6.07) is 7.97. The molecule has 0 saturated heterocycles. The van der Waals surface area contributed by atoms with Gasteiger partial charge in [-0.1, -0.05) is 23.4 Å². The summed E-state index contributed by atoms with van der Waals surface area (Å²) >= 11 is 0. The fourth-order valence-corrected chi connectivity index (χ4v) is 2.40. The van der Waals surface area contributed by atoms with Gasteiger partial charge in [-0.3, -0.25) is 0 Å². The van der Waals surface area contributed by atoms with E-state index in [-0.39, 0.29) is 0 Å². The van der Waals surface area contributed by atoms with Gasteiger partial charge in [-0.2, -0.15) is 0 Å². The summed E-state index contributed by atoms with van der Waals surface area (Å²) in [5, 5.41) is 8.11. The van der Waals surface area contributed by atoms with E-state index in [9.17, 15) is 0 Å². The molecule has 0 aliphatic carbocycles. The first-order valence-corrected chi connectivity index (χ1v) is 7.39. The first-order chi connectivity index (χ1) is 11.7. The lowest BCUT2D eigenvalue weighted by atomic mass is 10.1. The maximum Gasteiger partial charge on any atom is 0.221 e. The van der Waals surface area contributed by atoms with Gasteiger partial charge in [-0.05, 0) is 24.1 Å². The Morgan fingerprint density at radius 1 is 1.08 bits per heavy atom. The van der Waals surface area contributed by atoms with Gasteiger partial charge in [0, 0.05) is 29.7 Å². The maximum atomic E-state index is 5.70. The number of nitrogens with zero attached hydrogens (tertiary/aromatic N) is 7. The standard InChI is InChI=1S/C16H12BN7/c1-10-6-18-14(19-7-10)12-4-2-3-11(5-12)9-24-16-15(22-23-24)20-8-13(17)21-16/h2-8H,9H2,1H3. The number of aryl methyl sites for hydroxylation is 1. The average Bonchev–Trinajstić information content (AvgIpc) is 2.98. The van der Waals surface area contributed by atoms with Crippen LogP contribution in [-0.4, -0.2) is 42.8 Å². The minimum absolute atomic E-state index is 0.341. The van der Waals surface area contributed by atoms with Crippen molar-refractivity contribution in [1.82, 2.24) is 34.9 Å². The molecule has 114 valence electrons. The predicted molar refractivity (Wildman–Crippen MR) is 89.8 cm³/mol. The molecule has 7 nitrogen and oxygen atoms in total. The fraction of sp³-hybridized carbons (Fsp3) is 0.125. The lowest BCUT2D eigenvalue weighted by Gasteiger charge is -2.05. The average molecular weight is 313 g/mol. The van der Waals surface area contributed by atoms with E-state index in [1.807, 2.05) is 31.2 Å². The molecule has 24 heavy (non-hydrogen) atoms. The van der Waals surface area contributed by atoms with E-state index in [4.69, 9.17) is 7.85 Å². The summed E-state index contributed by atoms with van der Waals surface area (Å²) in [6.45, 7) is 2.47. The summed E-state index contributed by atoms with van der Waals surface area (Å²) in [6.07, 6.45) is 5.08. The number of hydrogen-bond acceptors (Lipinski definition) is 6. The lowest BCUT2D eigenvalue weighted by Crippen LogP contribution is -2.11. The van der Waals surface area contributed by atoms with Crippen molar-refractivity contribution < 1.29 is 0 Å². The second-order valence-electron chi connectivity index (χ2n) is 5.47. The van der Waals surface area contributed by atoms with Crippen LogP contribution in [0.3, 0.4) is 0 Å². The smallest absolute Gasteiger partial charge is 0.221 e. The second-order valence-corrected chi connectivity index (χ2v) is 5.47. The summed E-state index contributed by atoms with van der Waals surface area (Å²) in [4.78, 5) is 17.1. The van der Waals surface area contributed by atoms with Crippen LogP contribution in [0, 0.1) is 6.92 Å². The van der Waals surface area contributed by atoms with E-state index in [0.29, 0.717) is 29.3 Å². The Hall–Kier alpha value is -3.16. The molecular formula is C16H12BN7.